The van der Waals surface area contributed by atoms with Crippen molar-refractivity contribution in [3.63, 3.8) is 0 Å². The van der Waals surface area contributed by atoms with E-state index >= 15 is 0 Å². The molecule has 0 fully saturated rings. The van der Waals surface area contributed by atoms with Crippen molar-refractivity contribution in [1.82, 2.24) is 0 Å². The molecule has 26 heavy (non-hydrogen) atoms. The van der Waals surface area contributed by atoms with E-state index in [1.807, 2.05) is 79.7 Å². The van der Waals surface area contributed by atoms with Gasteiger partial charge in [0.2, 0.25) is 0 Å². The maximum atomic E-state index is 13.3. The molecule has 130 valence electrons. The van der Waals surface area contributed by atoms with E-state index in [0.717, 1.165) is 11.1 Å². The maximum absolute atomic E-state index is 13.3. The molecule has 0 bridgehead atoms. The van der Waals surface area contributed by atoms with Crippen molar-refractivity contribution in [2.75, 3.05) is 6.61 Å². The number of hydrogen-bond acceptors (Lipinski definition) is 3. The third-order valence-electron chi connectivity index (χ3n) is 4.66. The minimum absolute atomic E-state index is 0.0781. The summed E-state index contributed by atoms with van der Waals surface area (Å²) in [6, 6.07) is 25.2. The Morgan fingerprint density at radius 3 is 2.19 bits per heavy atom. The lowest BCUT2D eigenvalue weighted by atomic mass is 9.81. The van der Waals surface area contributed by atoms with Gasteiger partial charge in [0.25, 0.3) is 0 Å². The van der Waals surface area contributed by atoms with Gasteiger partial charge in [-0.05, 0) is 30.2 Å². The number of rotatable bonds is 4. The predicted molar refractivity (Wildman–Crippen MR) is 101 cm³/mol. The number of fused-ring (bicyclic) bond motifs is 1. The molecule has 3 aromatic rings. The summed E-state index contributed by atoms with van der Waals surface area (Å²) in [7, 11) is 0. The van der Waals surface area contributed by atoms with Crippen molar-refractivity contribution in [3.05, 3.63) is 95.6 Å². The molecule has 2 unspecified atom stereocenters. The van der Waals surface area contributed by atoms with Crippen LogP contribution in [-0.4, -0.2) is 12.4 Å². The summed E-state index contributed by atoms with van der Waals surface area (Å²) < 4.78 is 11.9. The van der Waals surface area contributed by atoms with E-state index in [-0.39, 0.29) is 17.8 Å². The third kappa shape index (κ3) is 2.97. The second-order valence-electron chi connectivity index (χ2n) is 6.29. The standard InChI is InChI=1S/C23H20O3/c1-2-25-18-13-14-19-20(15-18)26-23(17-11-7-4-8-12-17)21(22(19)24)16-9-5-3-6-10-16/h3-15,21,23H,2H2,1H3. The molecule has 0 radical (unpaired) electrons. The van der Waals surface area contributed by atoms with Crippen LogP contribution in [0.15, 0.2) is 78.9 Å². The second kappa shape index (κ2) is 7.04. The summed E-state index contributed by atoms with van der Waals surface area (Å²) in [6.45, 7) is 2.51. The molecule has 0 spiro atoms. The summed E-state index contributed by atoms with van der Waals surface area (Å²) in [5.41, 5.74) is 2.56. The highest BCUT2D eigenvalue weighted by molar-refractivity contribution is 6.04. The quantitative estimate of drug-likeness (QED) is 0.654. The van der Waals surface area contributed by atoms with Gasteiger partial charge in [-0.3, -0.25) is 4.79 Å². The van der Waals surface area contributed by atoms with E-state index in [9.17, 15) is 4.79 Å². The number of carbonyl (C=O) groups is 1. The summed E-state index contributed by atoms with van der Waals surface area (Å²) in [4.78, 5) is 13.3. The molecule has 0 aromatic heterocycles. The Kier molecular flexibility index (Phi) is 4.44. The van der Waals surface area contributed by atoms with E-state index in [4.69, 9.17) is 9.47 Å². The summed E-state index contributed by atoms with van der Waals surface area (Å²) in [5, 5.41) is 0. The van der Waals surface area contributed by atoms with Gasteiger partial charge in [-0.15, -0.1) is 0 Å². The third-order valence-corrected chi connectivity index (χ3v) is 4.66. The Labute approximate surface area is 153 Å². The monoisotopic (exact) mass is 344 g/mol. The van der Waals surface area contributed by atoms with Gasteiger partial charge in [0.15, 0.2) is 5.78 Å². The van der Waals surface area contributed by atoms with E-state index in [1.165, 1.54) is 0 Å². The molecule has 3 aromatic carbocycles. The van der Waals surface area contributed by atoms with Gasteiger partial charge in [0.05, 0.1) is 18.1 Å². The Hall–Kier alpha value is -3.07. The molecule has 0 amide bonds. The highest BCUT2D eigenvalue weighted by Gasteiger charge is 2.39. The molecule has 0 saturated heterocycles. The molecule has 1 aliphatic heterocycles. The van der Waals surface area contributed by atoms with Crippen LogP contribution in [-0.2, 0) is 0 Å². The van der Waals surface area contributed by atoms with E-state index in [1.54, 1.807) is 6.07 Å². The highest BCUT2D eigenvalue weighted by atomic mass is 16.5. The first-order valence-electron chi connectivity index (χ1n) is 8.85. The predicted octanol–water partition coefficient (Wildman–Crippen LogP) is 5.19. The number of carbonyl (C=O) groups excluding carboxylic acids is 1. The summed E-state index contributed by atoms with van der Waals surface area (Å²) >= 11 is 0. The molecule has 1 aliphatic rings. The van der Waals surface area contributed by atoms with Crippen LogP contribution in [0.4, 0.5) is 0 Å². The number of ether oxygens (including phenoxy) is 2. The van der Waals surface area contributed by atoms with Gasteiger partial charge in [-0.1, -0.05) is 60.7 Å². The van der Waals surface area contributed by atoms with Crippen molar-refractivity contribution in [3.8, 4) is 11.5 Å². The van der Waals surface area contributed by atoms with Crippen LogP contribution in [0.5, 0.6) is 11.5 Å². The first-order chi connectivity index (χ1) is 12.8. The molecule has 0 aliphatic carbocycles. The number of ketones is 1. The first kappa shape index (κ1) is 16.4. The molecular formula is C23H20O3. The van der Waals surface area contributed by atoms with Crippen molar-refractivity contribution < 1.29 is 14.3 Å². The van der Waals surface area contributed by atoms with Gasteiger partial charge < -0.3 is 9.47 Å². The number of Topliss-reactive ketones (excluding diaryl/α,β-unsaturated/α-hetero) is 1. The van der Waals surface area contributed by atoms with Gasteiger partial charge in [-0.2, -0.15) is 0 Å². The normalized spacial score (nSPS) is 18.7. The van der Waals surface area contributed by atoms with Crippen molar-refractivity contribution in [2.45, 2.75) is 18.9 Å². The Morgan fingerprint density at radius 1 is 0.885 bits per heavy atom. The number of benzene rings is 3. The average molecular weight is 344 g/mol. The van der Waals surface area contributed by atoms with Crippen LogP contribution in [0, 0.1) is 0 Å². The zero-order chi connectivity index (χ0) is 17.9. The van der Waals surface area contributed by atoms with Gasteiger partial charge in [0.1, 0.15) is 17.6 Å². The fourth-order valence-electron chi connectivity index (χ4n) is 3.46. The zero-order valence-electron chi connectivity index (χ0n) is 14.6. The summed E-state index contributed by atoms with van der Waals surface area (Å²) in [5.74, 6) is 1.00. The molecule has 4 rings (SSSR count). The fourth-order valence-corrected chi connectivity index (χ4v) is 3.46. The van der Waals surface area contributed by atoms with Crippen molar-refractivity contribution in [1.29, 1.82) is 0 Å². The van der Waals surface area contributed by atoms with Crippen LogP contribution in [0.1, 0.15) is 40.4 Å². The van der Waals surface area contributed by atoms with Gasteiger partial charge >= 0.3 is 0 Å². The molecule has 3 heteroatoms. The Balaban J connectivity index is 1.82. The lowest BCUT2D eigenvalue weighted by Gasteiger charge is -2.33. The molecular weight excluding hydrogens is 324 g/mol. The van der Waals surface area contributed by atoms with Gasteiger partial charge in [0, 0.05) is 6.07 Å². The van der Waals surface area contributed by atoms with E-state index in [0.29, 0.717) is 23.7 Å². The largest absolute Gasteiger partial charge is 0.494 e. The topological polar surface area (TPSA) is 35.5 Å². The fraction of sp³-hybridized carbons (Fsp3) is 0.174. The van der Waals surface area contributed by atoms with Crippen molar-refractivity contribution in [2.24, 2.45) is 0 Å². The SMILES string of the molecule is CCOc1ccc2c(c1)OC(c1ccccc1)C(c1ccccc1)C2=O. The van der Waals surface area contributed by atoms with Crippen LogP contribution in [0.2, 0.25) is 0 Å². The van der Waals surface area contributed by atoms with Crippen LogP contribution in [0.3, 0.4) is 0 Å². The first-order valence-corrected chi connectivity index (χ1v) is 8.85. The molecule has 2 atom stereocenters. The molecule has 3 nitrogen and oxygen atoms in total. The van der Waals surface area contributed by atoms with E-state index < -0.39 is 0 Å². The molecule has 1 heterocycles. The maximum Gasteiger partial charge on any atom is 0.178 e. The van der Waals surface area contributed by atoms with Gasteiger partial charge in [-0.25, -0.2) is 0 Å². The number of hydrogen-bond donors (Lipinski definition) is 0. The highest BCUT2D eigenvalue weighted by Crippen LogP contribution is 2.44. The van der Waals surface area contributed by atoms with Crippen LogP contribution in [0.25, 0.3) is 0 Å². The Bertz CT molecular complexity index is 903. The van der Waals surface area contributed by atoms with Crippen molar-refractivity contribution >= 4 is 5.78 Å². The van der Waals surface area contributed by atoms with Crippen LogP contribution >= 0.6 is 0 Å². The average Bonchev–Trinajstić information content (AvgIpc) is 2.69. The Morgan fingerprint density at radius 2 is 1.54 bits per heavy atom. The second-order valence-corrected chi connectivity index (χ2v) is 6.29. The van der Waals surface area contributed by atoms with Crippen LogP contribution < -0.4 is 9.47 Å². The smallest absolute Gasteiger partial charge is 0.178 e. The lowest BCUT2D eigenvalue weighted by Crippen LogP contribution is -2.30. The molecule has 0 N–H and O–H groups in total. The lowest BCUT2D eigenvalue weighted by molar-refractivity contribution is 0.0781. The minimum atomic E-state index is -0.371. The minimum Gasteiger partial charge on any atom is -0.494 e. The van der Waals surface area contributed by atoms with E-state index in [2.05, 4.69) is 0 Å². The summed E-state index contributed by atoms with van der Waals surface area (Å²) in [6.07, 6.45) is -0.365. The molecule has 0 saturated carbocycles. The zero-order valence-corrected chi connectivity index (χ0v) is 14.6.